The molecule has 2 N–H and O–H groups in total. The third kappa shape index (κ3) is 5.22. The monoisotopic (exact) mass is 324 g/mol. The molecule has 20 heavy (non-hydrogen) atoms. The summed E-state index contributed by atoms with van der Waals surface area (Å²) in [6, 6.07) is -0.0936. The van der Waals surface area contributed by atoms with Crippen LogP contribution in [0.1, 0.15) is 32.6 Å². The topological polar surface area (TPSA) is 109 Å². The van der Waals surface area contributed by atoms with Crippen LogP contribution in [0.15, 0.2) is 12.2 Å². The summed E-state index contributed by atoms with van der Waals surface area (Å²) in [5.74, 6) is -0.245. The second kappa shape index (κ2) is 6.23. The molecule has 1 amide bonds. The van der Waals surface area contributed by atoms with E-state index in [2.05, 4.69) is 11.9 Å². The van der Waals surface area contributed by atoms with Crippen LogP contribution in [0.3, 0.4) is 0 Å². The van der Waals surface area contributed by atoms with E-state index in [-0.39, 0.29) is 11.9 Å². The van der Waals surface area contributed by atoms with Gasteiger partial charge in [0.05, 0.1) is 11.5 Å². The summed E-state index contributed by atoms with van der Waals surface area (Å²) < 4.78 is 47.4. The summed E-state index contributed by atoms with van der Waals surface area (Å²) in [7, 11) is -7.67. The fourth-order valence-electron chi connectivity index (χ4n) is 2.11. The smallest absolute Gasteiger partial charge is 0.246 e. The van der Waals surface area contributed by atoms with E-state index in [9.17, 15) is 21.6 Å². The predicted molar refractivity (Wildman–Crippen MR) is 75.9 cm³/mol. The highest BCUT2D eigenvalue weighted by Gasteiger charge is 2.33. The van der Waals surface area contributed by atoms with Gasteiger partial charge in [0.25, 0.3) is 0 Å². The first-order valence-electron chi connectivity index (χ1n) is 6.20. The number of rotatable bonds is 5. The average Bonchev–Trinajstić information content (AvgIpc) is 2.26. The van der Waals surface area contributed by atoms with Crippen molar-refractivity contribution < 1.29 is 21.6 Å². The summed E-state index contributed by atoms with van der Waals surface area (Å²) in [5, 5.41) is 2.03. The molecule has 0 radical (unpaired) electrons. The second-order valence-corrected chi connectivity index (χ2v) is 9.10. The highest BCUT2D eigenvalue weighted by Crippen LogP contribution is 2.24. The Hall–Kier alpha value is -0.930. The minimum atomic E-state index is -3.88. The molecular formula is C11H20N2O5S2. The van der Waals surface area contributed by atoms with Gasteiger partial charge in [0.15, 0.2) is 0 Å². The lowest BCUT2D eigenvalue weighted by Crippen LogP contribution is -2.44. The van der Waals surface area contributed by atoms with Crippen LogP contribution in [0.5, 0.6) is 0 Å². The fraction of sp³-hybridized carbons (Fsp3) is 0.727. The van der Waals surface area contributed by atoms with Crippen LogP contribution in [0.2, 0.25) is 0 Å². The third-order valence-electron chi connectivity index (χ3n) is 3.10. The van der Waals surface area contributed by atoms with E-state index in [0.29, 0.717) is 31.3 Å². The molecule has 7 nitrogen and oxygen atoms in total. The molecule has 0 aromatic heterocycles. The molecule has 0 atom stereocenters. The molecule has 1 aliphatic carbocycles. The Morgan fingerprint density at radius 1 is 1.10 bits per heavy atom. The molecule has 1 rings (SSSR count). The number of nitrogens with one attached hydrogen (secondary N) is 2. The van der Waals surface area contributed by atoms with Crippen LogP contribution in [0, 0.1) is 0 Å². The number of carbonyl (C=O) groups excluding carboxylic acids is 1. The van der Waals surface area contributed by atoms with Crippen LogP contribution in [-0.4, -0.2) is 40.3 Å². The summed E-state index contributed by atoms with van der Waals surface area (Å²) in [4.78, 5) is 11.5. The maximum absolute atomic E-state index is 11.8. The Balaban J connectivity index is 2.58. The molecule has 0 aromatic rings. The van der Waals surface area contributed by atoms with E-state index in [1.165, 1.54) is 0 Å². The number of sulfonamides is 2. The van der Waals surface area contributed by atoms with Gasteiger partial charge in [-0.1, -0.05) is 6.58 Å². The quantitative estimate of drug-likeness (QED) is 0.685. The number of amides is 1. The molecular weight excluding hydrogens is 304 g/mol. The maximum atomic E-state index is 11.8. The molecule has 0 heterocycles. The van der Waals surface area contributed by atoms with Crippen molar-refractivity contribution in [3.63, 3.8) is 0 Å². The zero-order valence-electron chi connectivity index (χ0n) is 11.5. The zero-order chi connectivity index (χ0) is 15.6. The minimum Gasteiger partial charge on any atom is -0.350 e. The second-order valence-electron chi connectivity index (χ2n) is 5.13. The lowest BCUT2D eigenvalue weighted by molar-refractivity contribution is -0.118. The van der Waals surface area contributed by atoms with Crippen LogP contribution < -0.4 is 9.44 Å². The zero-order valence-corrected chi connectivity index (χ0v) is 13.2. The van der Waals surface area contributed by atoms with Crippen LogP contribution in [0.25, 0.3) is 0 Å². The molecule has 1 fully saturated rings. The van der Waals surface area contributed by atoms with Crippen molar-refractivity contribution in [3.05, 3.63) is 12.2 Å². The van der Waals surface area contributed by atoms with Gasteiger partial charge in [-0.05, 0) is 32.6 Å². The van der Waals surface area contributed by atoms with Gasteiger partial charge < -0.3 is 5.32 Å². The van der Waals surface area contributed by atoms with Gasteiger partial charge in [0.1, 0.15) is 0 Å². The number of hydrogen-bond acceptors (Lipinski definition) is 5. The van der Waals surface area contributed by atoms with Crippen molar-refractivity contribution in [2.24, 2.45) is 0 Å². The Morgan fingerprint density at radius 3 is 2.00 bits per heavy atom. The highest BCUT2D eigenvalue weighted by molar-refractivity contribution is 8.04. The summed E-state index contributed by atoms with van der Waals surface area (Å²) in [5.41, 5.74) is 0.401. The number of hydrogen-bond donors (Lipinski definition) is 2. The van der Waals surface area contributed by atoms with Gasteiger partial charge in [-0.2, -0.15) is 0 Å². The van der Waals surface area contributed by atoms with Gasteiger partial charge in [0.2, 0.25) is 26.0 Å². The lowest BCUT2D eigenvalue weighted by atomic mass is 9.95. The third-order valence-corrected chi connectivity index (χ3v) is 6.59. The molecule has 9 heteroatoms. The molecule has 0 aliphatic heterocycles. The van der Waals surface area contributed by atoms with Gasteiger partial charge in [-0.3, -0.25) is 4.79 Å². The van der Waals surface area contributed by atoms with Crippen LogP contribution in [0.4, 0.5) is 0 Å². The summed E-state index contributed by atoms with van der Waals surface area (Å²) in [6.07, 6.45) is 2.42. The molecule has 0 aromatic carbocycles. The Kier molecular flexibility index (Phi) is 5.33. The van der Waals surface area contributed by atoms with E-state index in [4.69, 9.17) is 0 Å². The van der Waals surface area contributed by atoms with Crippen molar-refractivity contribution >= 4 is 26.0 Å². The molecule has 0 bridgehead atoms. The summed E-state index contributed by atoms with van der Waals surface area (Å²) >= 11 is 0. The fourth-order valence-corrected chi connectivity index (χ4v) is 5.23. The standard InChI is InChI=1S/C11H20N2O5S2/c1-8(2)11(14)12-9-4-6-10(7-5-9)20(17,18)13-19(3,15)16/h9-10,13H,1,4-7H2,2-3H3,(H,12,14). The molecule has 116 valence electrons. The highest BCUT2D eigenvalue weighted by atomic mass is 32.3. The largest absolute Gasteiger partial charge is 0.350 e. The molecule has 0 saturated heterocycles. The first-order chi connectivity index (χ1) is 9.01. The van der Waals surface area contributed by atoms with Gasteiger partial charge in [0, 0.05) is 11.6 Å². The van der Waals surface area contributed by atoms with Crippen molar-refractivity contribution in [1.82, 2.24) is 9.44 Å². The Labute approximate surface area is 119 Å². The lowest BCUT2D eigenvalue weighted by Gasteiger charge is -2.28. The maximum Gasteiger partial charge on any atom is 0.246 e. The molecule has 0 spiro atoms. The summed E-state index contributed by atoms with van der Waals surface area (Å²) in [6.45, 7) is 5.13. The van der Waals surface area contributed by atoms with E-state index in [1.807, 2.05) is 0 Å². The van der Waals surface area contributed by atoms with E-state index >= 15 is 0 Å². The first kappa shape index (κ1) is 17.1. The Bertz CT molecular complexity index is 586. The normalized spacial score (nSPS) is 24.1. The Morgan fingerprint density at radius 2 is 1.60 bits per heavy atom. The van der Waals surface area contributed by atoms with Gasteiger partial charge in [-0.15, -0.1) is 4.13 Å². The van der Waals surface area contributed by atoms with Gasteiger partial charge >= 0.3 is 0 Å². The van der Waals surface area contributed by atoms with Crippen molar-refractivity contribution in [2.75, 3.05) is 6.26 Å². The van der Waals surface area contributed by atoms with E-state index in [0.717, 1.165) is 6.26 Å². The van der Waals surface area contributed by atoms with Crippen LogP contribution in [-0.2, 0) is 24.8 Å². The molecule has 1 saturated carbocycles. The van der Waals surface area contributed by atoms with Crippen molar-refractivity contribution in [1.29, 1.82) is 0 Å². The average molecular weight is 324 g/mol. The van der Waals surface area contributed by atoms with E-state index in [1.54, 1.807) is 11.1 Å². The molecule has 0 unspecified atom stereocenters. The van der Waals surface area contributed by atoms with Crippen molar-refractivity contribution in [2.45, 2.75) is 43.9 Å². The first-order valence-corrected chi connectivity index (χ1v) is 9.64. The minimum absolute atomic E-state index is 0.0936. The van der Waals surface area contributed by atoms with Gasteiger partial charge in [-0.25, -0.2) is 16.8 Å². The van der Waals surface area contributed by atoms with Crippen LogP contribution >= 0.6 is 0 Å². The molecule has 1 aliphatic rings. The SMILES string of the molecule is C=C(C)C(=O)NC1CCC(S(=O)(=O)NS(C)(=O)=O)CC1. The number of carbonyl (C=O) groups is 1. The van der Waals surface area contributed by atoms with E-state index < -0.39 is 25.3 Å². The van der Waals surface area contributed by atoms with Crippen molar-refractivity contribution in [3.8, 4) is 0 Å². The predicted octanol–water partition coefficient (Wildman–Crippen LogP) is -0.131.